The fourth-order valence-corrected chi connectivity index (χ4v) is 1.30. The Morgan fingerprint density at radius 3 is 2.82 bits per heavy atom. The van der Waals surface area contributed by atoms with Gasteiger partial charge in [0.1, 0.15) is 5.75 Å². The molecule has 1 amide bonds. The van der Waals surface area contributed by atoms with E-state index >= 15 is 0 Å². The first kappa shape index (κ1) is 13.3. The van der Waals surface area contributed by atoms with Crippen molar-refractivity contribution >= 4 is 11.6 Å². The normalized spacial score (nSPS) is 11.9. The standard InChI is InChI=1S/C12H18N2O3/c1-8(7-15)6-14-12(16)9-3-10(13)5-11(4-9)17-2/h3-5,8,15H,6-7,13H2,1-2H3,(H,14,16). The van der Waals surface area contributed by atoms with Crippen LogP contribution in [-0.4, -0.2) is 31.3 Å². The van der Waals surface area contributed by atoms with Crippen LogP contribution in [0.15, 0.2) is 18.2 Å². The van der Waals surface area contributed by atoms with Crippen molar-refractivity contribution in [3.63, 3.8) is 0 Å². The number of rotatable bonds is 5. The zero-order chi connectivity index (χ0) is 12.8. The lowest BCUT2D eigenvalue weighted by Gasteiger charge is -2.10. The van der Waals surface area contributed by atoms with Gasteiger partial charge in [0, 0.05) is 30.5 Å². The lowest BCUT2D eigenvalue weighted by molar-refractivity contribution is 0.0942. The molecular formula is C12H18N2O3. The van der Waals surface area contributed by atoms with Crippen LogP contribution in [0, 0.1) is 5.92 Å². The molecule has 1 rings (SSSR count). The second-order valence-electron chi connectivity index (χ2n) is 3.99. The van der Waals surface area contributed by atoms with Gasteiger partial charge in [0.25, 0.3) is 5.91 Å². The molecule has 0 aliphatic rings. The summed E-state index contributed by atoms with van der Waals surface area (Å²) in [5.74, 6) is 0.350. The minimum Gasteiger partial charge on any atom is -0.497 e. The van der Waals surface area contributed by atoms with Crippen LogP contribution in [0.2, 0.25) is 0 Å². The highest BCUT2D eigenvalue weighted by Crippen LogP contribution is 2.18. The van der Waals surface area contributed by atoms with E-state index in [2.05, 4.69) is 5.32 Å². The molecule has 1 aromatic rings. The number of carbonyl (C=O) groups excluding carboxylic acids is 1. The predicted molar refractivity (Wildman–Crippen MR) is 66.0 cm³/mol. The van der Waals surface area contributed by atoms with Crippen LogP contribution in [0.5, 0.6) is 5.75 Å². The van der Waals surface area contributed by atoms with Gasteiger partial charge >= 0.3 is 0 Å². The molecule has 0 radical (unpaired) electrons. The van der Waals surface area contributed by atoms with Crippen LogP contribution in [0.3, 0.4) is 0 Å². The molecule has 0 saturated heterocycles. The Morgan fingerprint density at radius 1 is 1.53 bits per heavy atom. The van der Waals surface area contributed by atoms with Gasteiger partial charge in [-0.3, -0.25) is 4.79 Å². The lowest BCUT2D eigenvalue weighted by atomic mass is 10.1. The first-order valence-electron chi connectivity index (χ1n) is 5.40. The molecule has 5 heteroatoms. The van der Waals surface area contributed by atoms with E-state index in [0.717, 1.165) is 0 Å². The molecule has 0 saturated carbocycles. The summed E-state index contributed by atoms with van der Waals surface area (Å²) < 4.78 is 5.03. The summed E-state index contributed by atoms with van der Waals surface area (Å²) in [6.07, 6.45) is 0. The maximum absolute atomic E-state index is 11.8. The minimum absolute atomic E-state index is 0.0295. The molecule has 5 nitrogen and oxygen atoms in total. The minimum atomic E-state index is -0.226. The number of anilines is 1. The largest absolute Gasteiger partial charge is 0.497 e. The zero-order valence-corrected chi connectivity index (χ0v) is 10.1. The second-order valence-corrected chi connectivity index (χ2v) is 3.99. The van der Waals surface area contributed by atoms with Gasteiger partial charge in [-0.05, 0) is 18.1 Å². The molecule has 0 bridgehead atoms. The molecule has 0 spiro atoms. The van der Waals surface area contributed by atoms with E-state index < -0.39 is 0 Å². The summed E-state index contributed by atoms with van der Waals surface area (Å²) in [7, 11) is 1.52. The topological polar surface area (TPSA) is 84.6 Å². The highest BCUT2D eigenvalue weighted by atomic mass is 16.5. The first-order valence-corrected chi connectivity index (χ1v) is 5.40. The summed E-state index contributed by atoms with van der Waals surface area (Å²) in [5.41, 5.74) is 6.58. The fourth-order valence-electron chi connectivity index (χ4n) is 1.30. The molecule has 4 N–H and O–H groups in total. The molecule has 0 aliphatic heterocycles. The van der Waals surface area contributed by atoms with Gasteiger partial charge in [-0.1, -0.05) is 6.92 Å². The molecule has 0 aliphatic carbocycles. The van der Waals surface area contributed by atoms with Crippen LogP contribution in [0.4, 0.5) is 5.69 Å². The maximum Gasteiger partial charge on any atom is 0.251 e. The number of aliphatic hydroxyl groups excluding tert-OH is 1. The van der Waals surface area contributed by atoms with Gasteiger partial charge in [-0.15, -0.1) is 0 Å². The van der Waals surface area contributed by atoms with E-state index in [1.54, 1.807) is 18.2 Å². The Hall–Kier alpha value is -1.75. The van der Waals surface area contributed by atoms with Crippen LogP contribution >= 0.6 is 0 Å². The van der Waals surface area contributed by atoms with Crippen molar-refractivity contribution in [3.8, 4) is 5.75 Å². The van der Waals surface area contributed by atoms with E-state index in [4.69, 9.17) is 15.6 Å². The first-order chi connectivity index (χ1) is 8.06. The zero-order valence-electron chi connectivity index (χ0n) is 10.1. The smallest absolute Gasteiger partial charge is 0.251 e. The molecular weight excluding hydrogens is 220 g/mol. The van der Waals surface area contributed by atoms with Crippen molar-refractivity contribution in [1.29, 1.82) is 0 Å². The monoisotopic (exact) mass is 238 g/mol. The Morgan fingerprint density at radius 2 is 2.24 bits per heavy atom. The number of nitrogens with two attached hydrogens (primary N) is 1. The van der Waals surface area contributed by atoms with Crippen molar-refractivity contribution in [2.24, 2.45) is 5.92 Å². The number of nitrogen functional groups attached to an aromatic ring is 1. The highest BCUT2D eigenvalue weighted by Gasteiger charge is 2.09. The summed E-state index contributed by atoms with van der Waals surface area (Å²) in [6.45, 7) is 2.31. The Bertz CT molecular complexity index is 393. The molecule has 17 heavy (non-hydrogen) atoms. The van der Waals surface area contributed by atoms with Gasteiger partial charge in [-0.2, -0.15) is 0 Å². The third-order valence-electron chi connectivity index (χ3n) is 2.35. The van der Waals surface area contributed by atoms with Crippen molar-refractivity contribution in [3.05, 3.63) is 23.8 Å². The number of hydrogen-bond acceptors (Lipinski definition) is 4. The number of hydrogen-bond donors (Lipinski definition) is 3. The SMILES string of the molecule is COc1cc(N)cc(C(=O)NCC(C)CO)c1. The number of amides is 1. The number of nitrogens with one attached hydrogen (secondary N) is 1. The van der Waals surface area contributed by atoms with Gasteiger partial charge in [0.05, 0.1) is 7.11 Å². The lowest BCUT2D eigenvalue weighted by Crippen LogP contribution is -2.29. The molecule has 0 heterocycles. The average Bonchev–Trinajstić information content (AvgIpc) is 2.34. The Labute approximate surface area is 101 Å². The summed E-state index contributed by atoms with van der Waals surface area (Å²) in [4.78, 5) is 11.8. The fraction of sp³-hybridized carbons (Fsp3) is 0.417. The van der Waals surface area contributed by atoms with Gasteiger partial charge in [0.2, 0.25) is 0 Å². The average molecular weight is 238 g/mol. The van der Waals surface area contributed by atoms with Gasteiger partial charge < -0.3 is 20.9 Å². The number of carbonyl (C=O) groups is 1. The third kappa shape index (κ3) is 3.96. The van der Waals surface area contributed by atoms with Crippen LogP contribution in [0.25, 0.3) is 0 Å². The van der Waals surface area contributed by atoms with E-state index in [-0.39, 0.29) is 18.4 Å². The van der Waals surface area contributed by atoms with Gasteiger partial charge in [0.15, 0.2) is 0 Å². The van der Waals surface area contributed by atoms with Gasteiger partial charge in [-0.25, -0.2) is 0 Å². The molecule has 1 unspecified atom stereocenters. The Balaban J connectivity index is 2.71. The Kier molecular flexibility index (Phi) is 4.78. The highest BCUT2D eigenvalue weighted by molar-refractivity contribution is 5.95. The number of aliphatic hydroxyl groups is 1. The number of benzene rings is 1. The molecule has 1 aromatic carbocycles. The van der Waals surface area contributed by atoms with Crippen molar-refractivity contribution < 1.29 is 14.6 Å². The van der Waals surface area contributed by atoms with E-state index in [1.165, 1.54) is 7.11 Å². The molecule has 1 atom stereocenters. The maximum atomic E-state index is 11.8. The van der Waals surface area contributed by atoms with Crippen LogP contribution < -0.4 is 15.8 Å². The summed E-state index contributed by atoms with van der Waals surface area (Å²) >= 11 is 0. The second kappa shape index (κ2) is 6.10. The number of ether oxygens (including phenoxy) is 1. The summed E-state index contributed by atoms with van der Waals surface area (Å²) in [5, 5.41) is 11.6. The van der Waals surface area contributed by atoms with Crippen molar-refractivity contribution in [1.82, 2.24) is 5.32 Å². The van der Waals surface area contributed by atoms with Crippen molar-refractivity contribution in [2.75, 3.05) is 26.0 Å². The van der Waals surface area contributed by atoms with E-state index in [9.17, 15) is 4.79 Å². The van der Waals surface area contributed by atoms with Crippen molar-refractivity contribution in [2.45, 2.75) is 6.92 Å². The van der Waals surface area contributed by atoms with Crippen LogP contribution in [-0.2, 0) is 0 Å². The molecule has 0 aromatic heterocycles. The molecule has 94 valence electrons. The van der Waals surface area contributed by atoms with E-state index in [1.807, 2.05) is 6.92 Å². The predicted octanol–water partition coefficient (Wildman–Crippen LogP) is 0.636. The number of methoxy groups -OCH3 is 1. The van der Waals surface area contributed by atoms with E-state index in [0.29, 0.717) is 23.5 Å². The summed E-state index contributed by atoms with van der Waals surface area (Å²) in [6, 6.07) is 4.85. The quantitative estimate of drug-likeness (QED) is 0.657. The third-order valence-corrected chi connectivity index (χ3v) is 2.35. The van der Waals surface area contributed by atoms with Crippen LogP contribution in [0.1, 0.15) is 17.3 Å². The molecule has 0 fully saturated rings.